The second kappa shape index (κ2) is 6.41. The van der Waals surface area contributed by atoms with Crippen molar-refractivity contribution < 1.29 is 18.0 Å². The SMILES string of the molecule is CC(C)NC(=O)C(C#N)C(=O)c1nc(S(C)(=O)=O)n2ccccc12. The van der Waals surface area contributed by atoms with E-state index in [-0.39, 0.29) is 22.4 Å². The maximum atomic E-state index is 12.6. The summed E-state index contributed by atoms with van der Waals surface area (Å²) in [5.74, 6) is -3.18. The number of aromatic nitrogens is 2. The lowest BCUT2D eigenvalue weighted by atomic mass is 10.0. The van der Waals surface area contributed by atoms with E-state index >= 15 is 0 Å². The van der Waals surface area contributed by atoms with E-state index < -0.39 is 27.4 Å². The number of ketones is 1. The molecule has 9 heteroatoms. The normalized spacial score (nSPS) is 12.8. The van der Waals surface area contributed by atoms with Crippen molar-refractivity contribution in [2.75, 3.05) is 6.26 Å². The molecule has 2 rings (SSSR count). The summed E-state index contributed by atoms with van der Waals surface area (Å²) in [6.07, 6.45) is 2.42. The molecule has 0 radical (unpaired) electrons. The first kappa shape index (κ1) is 17.6. The number of amides is 1. The number of nitrogens with zero attached hydrogens (tertiary/aromatic N) is 3. The number of pyridine rings is 1. The van der Waals surface area contributed by atoms with E-state index in [1.807, 2.05) is 0 Å². The predicted octanol–water partition coefficient (Wildman–Crippen LogP) is 0.585. The fraction of sp³-hybridized carbons (Fsp3) is 0.333. The minimum Gasteiger partial charge on any atom is -0.352 e. The highest BCUT2D eigenvalue weighted by Gasteiger charge is 2.32. The molecule has 0 aromatic carbocycles. The molecular weight excluding hydrogens is 332 g/mol. The van der Waals surface area contributed by atoms with Gasteiger partial charge < -0.3 is 5.32 Å². The monoisotopic (exact) mass is 348 g/mol. The summed E-state index contributed by atoms with van der Waals surface area (Å²) < 4.78 is 25.0. The Bertz CT molecular complexity index is 953. The third-order valence-corrected chi connectivity index (χ3v) is 4.12. The molecule has 0 fully saturated rings. The van der Waals surface area contributed by atoms with Gasteiger partial charge in [0.05, 0.1) is 11.6 Å². The van der Waals surface area contributed by atoms with E-state index in [9.17, 15) is 23.3 Å². The van der Waals surface area contributed by atoms with Gasteiger partial charge in [0.1, 0.15) is 5.69 Å². The van der Waals surface area contributed by atoms with Crippen LogP contribution in [0.3, 0.4) is 0 Å². The maximum absolute atomic E-state index is 12.6. The minimum atomic E-state index is -3.70. The number of nitrogens with one attached hydrogen (secondary N) is 1. The molecule has 2 heterocycles. The molecule has 1 atom stereocenters. The van der Waals surface area contributed by atoms with Gasteiger partial charge in [0.2, 0.25) is 26.7 Å². The largest absolute Gasteiger partial charge is 0.352 e. The number of carbonyl (C=O) groups is 2. The first-order chi connectivity index (χ1) is 11.2. The molecule has 24 heavy (non-hydrogen) atoms. The Labute approximate surface area is 139 Å². The molecule has 2 aromatic rings. The molecular formula is C15H16N4O4S. The maximum Gasteiger partial charge on any atom is 0.245 e. The van der Waals surface area contributed by atoms with Crippen LogP contribution in [0.5, 0.6) is 0 Å². The number of nitriles is 1. The Hall–Kier alpha value is -2.73. The first-order valence-electron chi connectivity index (χ1n) is 7.08. The Kier molecular flexibility index (Phi) is 4.71. The second-order valence-electron chi connectivity index (χ2n) is 5.56. The Morgan fingerprint density at radius 2 is 2.00 bits per heavy atom. The molecule has 0 spiro atoms. The lowest BCUT2D eigenvalue weighted by Crippen LogP contribution is -2.38. The summed E-state index contributed by atoms with van der Waals surface area (Å²) in [6, 6.07) is 6.11. The zero-order valence-corrected chi connectivity index (χ0v) is 14.2. The number of rotatable bonds is 5. The van der Waals surface area contributed by atoms with Crippen molar-refractivity contribution in [1.82, 2.24) is 14.7 Å². The number of fused-ring (bicyclic) bond motifs is 1. The van der Waals surface area contributed by atoms with Crippen molar-refractivity contribution in [3.63, 3.8) is 0 Å². The molecule has 8 nitrogen and oxygen atoms in total. The molecule has 2 aromatic heterocycles. The second-order valence-corrected chi connectivity index (χ2v) is 7.47. The van der Waals surface area contributed by atoms with Gasteiger partial charge in [0, 0.05) is 18.5 Å². The van der Waals surface area contributed by atoms with Crippen LogP contribution in [0.15, 0.2) is 29.6 Å². The number of hydrogen-bond acceptors (Lipinski definition) is 6. The van der Waals surface area contributed by atoms with Crippen LogP contribution in [-0.4, -0.2) is 41.8 Å². The molecule has 0 aliphatic heterocycles. The molecule has 0 aliphatic carbocycles. The summed E-state index contributed by atoms with van der Waals surface area (Å²) in [5, 5.41) is 11.4. The van der Waals surface area contributed by atoms with Gasteiger partial charge >= 0.3 is 0 Å². The van der Waals surface area contributed by atoms with Crippen molar-refractivity contribution in [3.8, 4) is 6.07 Å². The highest BCUT2D eigenvalue weighted by atomic mass is 32.2. The van der Waals surface area contributed by atoms with Crippen LogP contribution in [0.2, 0.25) is 0 Å². The third kappa shape index (κ3) is 3.28. The summed E-state index contributed by atoms with van der Waals surface area (Å²) in [4.78, 5) is 28.5. The molecule has 126 valence electrons. The lowest BCUT2D eigenvalue weighted by molar-refractivity contribution is -0.122. The van der Waals surface area contributed by atoms with Gasteiger partial charge in [-0.05, 0) is 26.0 Å². The fourth-order valence-corrected chi connectivity index (χ4v) is 2.97. The van der Waals surface area contributed by atoms with Crippen molar-refractivity contribution in [3.05, 3.63) is 30.1 Å². The van der Waals surface area contributed by atoms with Crippen molar-refractivity contribution in [2.45, 2.75) is 25.0 Å². The molecule has 0 aliphatic rings. The average molecular weight is 348 g/mol. The van der Waals surface area contributed by atoms with Gasteiger partial charge in [-0.2, -0.15) is 5.26 Å². The van der Waals surface area contributed by atoms with Crippen LogP contribution in [0.4, 0.5) is 0 Å². The van der Waals surface area contributed by atoms with E-state index in [2.05, 4.69) is 10.3 Å². The van der Waals surface area contributed by atoms with Crippen LogP contribution >= 0.6 is 0 Å². The zero-order chi connectivity index (χ0) is 18.1. The highest BCUT2D eigenvalue weighted by Crippen LogP contribution is 2.20. The van der Waals surface area contributed by atoms with Gasteiger partial charge in [0.25, 0.3) is 0 Å². The Balaban J connectivity index is 2.58. The van der Waals surface area contributed by atoms with Crippen LogP contribution in [0.25, 0.3) is 5.52 Å². The molecule has 1 N–H and O–H groups in total. The van der Waals surface area contributed by atoms with E-state index in [0.717, 1.165) is 6.26 Å². The number of Topliss-reactive ketones (excluding diaryl/α,β-unsaturated/α-hetero) is 1. The number of imidazole rings is 1. The van der Waals surface area contributed by atoms with Gasteiger partial charge in [-0.25, -0.2) is 13.4 Å². The minimum absolute atomic E-state index is 0.221. The van der Waals surface area contributed by atoms with E-state index in [0.29, 0.717) is 0 Å². The van der Waals surface area contributed by atoms with Crippen LogP contribution in [0.1, 0.15) is 24.3 Å². The molecule has 1 unspecified atom stereocenters. The first-order valence-corrected chi connectivity index (χ1v) is 8.97. The summed E-state index contributed by atoms with van der Waals surface area (Å²) in [6.45, 7) is 3.40. The lowest BCUT2D eigenvalue weighted by Gasteiger charge is -2.11. The fourth-order valence-electron chi connectivity index (χ4n) is 2.19. The Morgan fingerprint density at radius 1 is 1.33 bits per heavy atom. The number of sulfone groups is 1. The van der Waals surface area contributed by atoms with Crippen molar-refractivity contribution >= 4 is 27.0 Å². The quantitative estimate of drug-likeness (QED) is 0.623. The smallest absolute Gasteiger partial charge is 0.245 e. The van der Waals surface area contributed by atoms with E-state index in [1.54, 1.807) is 32.0 Å². The standard InChI is InChI=1S/C15H16N4O4S/c1-9(2)17-14(21)10(8-16)13(20)12-11-6-4-5-7-19(11)15(18-12)24(3,22)23/h4-7,9-10H,1-3H3,(H,17,21). The summed E-state index contributed by atoms with van der Waals surface area (Å²) >= 11 is 0. The van der Waals surface area contributed by atoms with Gasteiger partial charge in [-0.3, -0.25) is 14.0 Å². The van der Waals surface area contributed by atoms with Crippen LogP contribution in [0, 0.1) is 17.2 Å². The van der Waals surface area contributed by atoms with Gasteiger partial charge in [0.15, 0.2) is 5.92 Å². The van der Waals surface area contributed by atoms with Gasteiger partial charge in [-0.15, -0.1) is 0 Å². The summed E-state index contributed by atoms with van der Waals surface area (Å²) in [5.41, 5.74) is 0.00185. The molecule has 0 bridgehead atoms. The van der Waals surface area contributed by atoms with Crippen molar-refractivity contribution in [1.29, 1.82) is 5.26 Å². The number of carbonyl (C=O) groups excluding carboxylic acids is 2. The average Bonchev–Trinajstić information content (AvgIpc) is 2.86. The van der Waals surface area contributed by atoms with Crippen molar-refractivity contribution in [2.24, 2.45) is 5.92 Å². The van der Waals surface area contributed by atoms with E-state index in [1.165, 1.54) is 16.7 Å². The number of hydrogen-bond donors (Lipinski definition) is 1. The van der Waals surface area contributed by atoms with Crippen LogP contribution < -0.4 is 5.32 Å². The Morgan fingerprint density at radius 3 is 2.54 bits per heavy atom. The van der Waals surface area contributed by atoms with Crippen LogP contribution in [-0.2, 0) is 14.6 Å². The third-order valence-electron chi connectivity index (χ3n) is 3.17. The molecule has 0 saturated carbocycles. The van der Waals surface area contributed by atoms with Gasteiger partial charge in [-0.1, -0.05) is 6.07 Å². The highest BCUT2D eigenvalue weighted by molar-refractivity contribution is 7.90. The predicted molar refractivity (Wildman–Crippen MR) is 85.0 cm³/mol. The summed E-state index contributed by atoms with van der Waals surface area (Å²) in [7, 11) is -3.70. The molecule has 1 amide bonds. The van der Waals surface area contributed by atoms with E-state index in [4.69, 9.17) is 0 Å². The topological polar surface area (TPSA) is 121 Å². The molecule has 0 saturated heterocycles. The zero-order valence-electron chi connectivity index (χ0n) is 13.3.